The molecule has 4 aliphatic rings. The van der Waals surface area contributed by atoms with Gasteiger partial charge in [0.1, 0.15) is 11.5 Å². The number of thioether (sulfide) groups is 1. The minimum absolute atomic E-state index is 0.00501. The number of hydrogen-bond acceptors (Lipinski definition) is 8. The van der Waals surface area contributed by atoms with Gasteiger partial charge in [0.25, 0.3) is 11.8 Å². The number of imide groups is 1. The molecule has 5 heterocycles. The van der Waals surface area contributed by atoms with Gasteiger partial charge in [0, 0.05) is 36.8 Å². The van der Waals surface area contributed by atoms with E-state index >= 15 is 0 Å². The molecular weight excluding hydrogens is 516 g/mol. The van der Waals surface area contributed by atoms with Gasteiger partial charge in [-0.05, 0) is 58.1 Å². The lowest BCUT2D eigenvalue weighted by Crippen LogP contribution is -2.39. The molecule has 3 aliphatic heterocycles. The molecule has 6 rings (SSSR count). The Balaban J connectivity index is 1.13. The van der Waals surface area contributed by atoms with E-state index in [-0.39, 0.29) is 16.9 Å². The van der Waals surface area contributed by atoms with Crippen molar-refractivity contribution >= 4 is 47.1 Å². The Morgan fingerprint density at radius 1 is 1.23 bits per heavy atom. The second-order valence-corrected chi connectivity index (χ2v) is 11.9. The van der Waals surface area contributed by atoms with Gasteiger partial charge in [0.15, 0.2) is 5.65 Å². The van der Waals surface area contributed by atoms with Crippen LogP contribution in [0.15, 0.2) is 28.9 Å². The summed E-state index contributed by atoms with van der Waals surface area (Å²) in [7, 11) is 0. The van der Waals surface area contributed by atoms with Gasteiger partial charge in [0.2, 0.25) is 0 Å². The number of rotatable bonds is 9. The maximum absolute atomic E-state index is 12.9. The average molecular weight is 551 g/mol. The van der Waals surface area contributed by atoms with E-state index in [1.165, 1.54) is 31.0 Å². The predicted octanol–water partition coefficient (Wildman–Crippen LogP) is 2.93. The topological polar surface area (TPSA) is 133 Å². The number of amides is 4. The Hall–Kier alpha value is -3.38. The van der Waals surface area contributed by atoms with Crippen molar-refractivity contribution in [2.75, 3.05) is 25.0 Å². The minimum atomic E-state index is -0.548. The van der Waals surface area contributed by atoms with Gasteiger partial charge in [-0.1, -0.05) is 12.5 Å². The molecule has 0 aromatic carbocycles. The molecule has 0 spiro atoms. The number of urea groups is 1. The van der Waals surface area contributed by atoms with Gasteiger partial charge in [-0.15, -0.1) is 11.8 Å². The van der Waals surface area contributed by atoms with E-state index in [4.69, 9.17) is 4.98 Å². The van der Waals surface area contributed by atoms with Crippen LogP contribution in [0.3, 0.4) is 0 Å². The van der Waals surface area contributed by atoms with Crippen LogP contribution in [0, 0.1) is 0 Å². The molecule has 4 amide bonds. The number of likely N-dealkylation sites (tertiary alicyclic amines) is 1. The highest BCUT2D eigenvalue weighted by Crippen LogP contribution is 2.44. The first-order chi connectivity index (χ1) is 18.9. The number of nitrogens with one attached hydrogen (secondary N) is 4. The van der Waals surface area contributed by atoms with Crippen LogP contribution in [0.5, 0.6) is 0 Å². The van der Waals surface area contributed by atoms with Crippen molar-refractivity contribution in [3.05, 3.63) is 40.2 Å². The van der Waals surface area contributed by atoms with E-state index in [0.29, 0.717) is 36.3 Å². The minimum Gasteiger partial charge on any atom is -0.367 e. The van der Waals surface area contributed by atoms with E-state index in [2.05, 4.69) is 38.2 Å². The highest BCUT2D eigenvalue weighted by atomic mass is 32.2. The quantitative estimate of drug-likeness (QED) is 0.213. The lowest BCUT2D eigenvalue weighted by Gasteiger charge is -2.33. The fraction of sp³-hybridized carbons (Fsp3) is 0.519. The Morgan fingerprint density at radius 2 is 2.10 bits per heavy atom. The highest BCUT2D eigenvalue weighted by molar-refractivity contribution is 8.04. The average Bonchev–Trinajstić information content (AvgIpc) is 3.29. The molecule has 4 N–H and O–H groups in total. The number of allylic oxidation sites excluding steroid dienone is 1. The van der Waals surface area contributed by atoms with Crippen LogP contribution in [0.25, 0.3) is 11.7 Å². The smallest absolute Gasteiger partial charge is 0.326 e. The second kappa shape index (κ2) is 11.0. The summed E-state index contributed by atoms with van der Waals surface area (Å²) in [5.41, 5.74) is 2.21. The molecule has 2 atom stereocenters. The van der Waals surface area contributed by atoms with Crippen molar-refractivity contribution in [3.8, 4) is 0 Å². The normalized spacial score (nSPS) is 24.6. The number of fused-ring (bicyclic) bond motifs is 1. The Kier molecular flexibility index (Phi) is 7.30. The Bertz CT molecular complexity index is 1360. The molecule has 3 fully saturated rings. The zero-order valence-electron chi connectivity index (χ0n) is 22.0. The van der Waals surface area contributed by atoms with Gasteiger partial charge >= 0.3 is 6.03 Å². The maximum atomic E-state index is 12.9. The summed E-state index contributed by atoms with van der Waals surface area (Å²) < 4.78 is 1.73. The van der Waals surface area contributed by atoms with Crippen molar-refractivity contribution in [2.24, 2.45) is 0 Å². The monoisotopic (exact) mass is 550 g/mol. The Labute approximate surface area is 231 Å². The lowest BCUT2D eigenvalue weighted by molar-refractivity contribution is -0.117. The number of anilines is 1. The van der Waals surface area contributed by atoms with Gasteiger partial charge in [0.05, 0.1) is 22.0 Å². The zero-order chi connectivity index (χ0) is 26.9. The maximum Gasteiger partial charge on any atom is 0.326 e. The number of nitrogens with zero attached hydrogens (tertiary/aromatic N) is 4. The van der Waals surface area contributed by atoms with Crippen molar-refractivity contribution in [1.82, 2.24) is 35.4 Å². The van der Waals surface area contributed by atoms with E-state index < -0.39 is 11.9 Å². The summed E-state index contributed by atoms with van der Waals surface area (Å²) in [5, 5.41) is 15.8. The van der Waals surface area contributed by atoms with Gasteiger partial charge in [-0.25, -0.2) is 9.78 Å². The second-order valence-electron chi connectivity index (χ2n) is 10.7. The van der Waals surface area contributed by atoms with Crippen LogP contribution in [-0.4, -0.2) is 69.1 Å². The van der Waals surface area contributed by atoms with Crippen LogP contribution < -0.4 is 21.3 Å². The fourth-order valence-electron chi connectivity index (χ4n) is 5.29. The molecule has 11 nitrogen and oxygen atoms in total. The summed E-state index contributed by atoms with van der Waals surface area (Å²) >= 11 is 1.53. The zero-order valence-corrected chi connectivity index (χ0v) is 22.9. The number of piperidine rings is 1. The molecule has 2 aromatic heterocycles. The van der Waals surface area contributed by atoms with Gasteiger partial charge < -0.3 is 20.9 Å². The van der Waals surface area contributed by atoms with E-state index in [1.807, 2.05) is 12.1 Å². The van der Waals surface area contributed by atoms with Crippen molar-refractivity contribution in [2.45, 2.75) is 69.2 Å². The summed E-state index contributed by atoms with van der Waals surface area (Å²) in [4.78, 5) is 44.7. The summed E-state index contributed by atoms with van der Waals surface area (Å²) in [6, 6.07) is 2.49. The van der Waals surface area contributed by atoms with Crippen molar-refractivity contribution in [3.63, 3.8) is 0 Å². The van der Waals surface area contributed by atoms with Crippen molar-refractivity contribution < 1.29 is 14.4 Å². The molecule has 0 bridgehead atoms. The van der Waals surface area contributed by atoms with Gasteiger partial charge in [-0.2, -0.15) is 9.61 Å². The predicted molar refractivity (Wildman–Crippen MR) is 150 cm³/mol. The molecule has 206 valence electrons. The van der Waals surface area contributed by atoms with E-state index in [0.717, 1.165) is 48.8 Å². The molecule has 12 heteroatoms. The molecule has 0 radical (unpaired) electrons. The largest absolute Gasteiger partial charge is 0.367 e. The van der Waals surface area contributed by atoms with Gasteiger partial charge in [-0.3, -0.25) is 14.9 Å². The highest BCUT2D eigenvalue weighted by Gasteiger charge is 2.29. The summed E-state index contributed by atoms with van der Waals surface area (Å²) in [6.45, 7) is 5.14. The Morgan fingerprint density at radius 3 is 2.87 bits per heavy atom. The molecule has 2 saturated heterocycles. The molecule has 1 saturated carbocycles. The summed E-state index contributed by atoms with van der Waals surface area (Å²) in [6.07, 6.45) is 12.9. The standard InChI is InChI=1S/C27H34N8O3S/c1-16-5-2-3-11-34(16)12-4-10-28-26(37)22-9-8-21(39-22)19-14-23(30-18-6-7-18)35-24(31-19)17(15-29-35)13-20-25(36)33-27(38)32-20/h9,13-16,18,21,30H,2-8,10-12H2,1H3,(H,28,37)(H2,32,33,36,38)/b20-13-. The molecule has 2 aromatic rings. The SMILES string of the molecule is CC1CCCCN1CCCNC(=O)C1=CCC(c2cc(NC3CC3)n3ncc(/C=C4\NC(=O)NC4=O)c3n2)S1. The fourth-order valence-corrected chi connectivity index (χ4v) is 6.41. The molecule has 2 unspecified atom stereocenters. The number of carbonyl (C=O) groups is 3. The summed E-state index contributed by atoms with van der Waals surface area (Å²) in [5.74, 6) is 0.320. The number of aromatic nitrogens is 3. The van der Waals surface area contributed by atoms with E-state index in [9.17, 15) is 14.4 Å². The molecular formula is C27H34N8O3S. The van der Waals surface area contributed by atoms with E-state index in [1.54, 1.807) is 16.8 Å². The third-order valence-corrected chi connectivity index (χ3v) is 8.98. The lowest BCUT2D eigenvalue weighted by atomic mass is 10.0. The first kappa shape index (κ1) is 25.9. The van der Waals surface area contributed by atoms with Crippen LogP contribution in [0.4, 0.5) is 10.6 Å². The molecule has 39 heavy (non-hydrogen) atoms. The van der Waals surface area contributed by atoms with Crippen LogP contribution in [-0.2, 0) is 9.59 Å². The van der Waals surface area contributed by atoms with Crippen LogP contribution >= 0.6 is 11.8 Å². The van der Waals surface area contributed by atoms with Crippen LogP contribution in [0.1, 0.15) is 68.4 Å². The number of carbonyl (C=O) groups excluding carboxylic acids is 3. The third-order valence-electron chi connectivity index (χ3n) is 7.66. The van der Waals surface area contributed by atoms with Crippen molar-refractivity contribution in [1.29, 1.82) is 0 Å². The first-order valence-electron chi connectivity index (χ1n) is 13.8. The number of hydrogen-bond donors (Lipinski definition) is 4. The first-order valence-corrected chi connectivity index (χ1v) is 14.7. The molecule has 1 aliphatic carbocycles. The van der Waals surface area contributed by atoms with Crippen LogP contribution in [0.2, 0.25) is 0 Å². The third kappa shape index (κ3) is 5.81.